The standard InChI is InChI=1S/C12H18N2O5S/c1-20(17,18)13-4-2-8(3-5-13)11(15)14-7-9-6-10(14)12(16)19-9/h8-10H,2-7H2,1H3/t9-,10+/m0/s1. The molecule has 2 bridgehead atoms. The summed E-state index contributed by atoms with van der Waals surface area (Å²) in [7, 11) is -3.18. The number of morpholine rings is 1. The Balaban J connectivity index is 1.62. The van der Waals surface area contributed by atoms with Crippen LogP contribution in [0.3, 0.4) is 0 Å². The molecule has 0 spiro atoms. The van der Waals surface area contributed by atoms with Gasteiger partial charge >= 0.3 is 5.97 Å². The maximum atomic E-state index is 12.4. The average Bonchev–Trinajstić information content (AvgIpc) is 2.96. The van der Waals surface area contributed by atoms with Gasteiger partial charge in [0.1, 0.15) is 12.1 Å². The van der Waals surface area contributed by atoms with Crippen LogP contribution in [0.15, 0.2) is 0 Å². The van der Waals surface area contributed by atoms with Crippen LogP contribution >= 0.6 is 0 Å². The van der Waals surface area contributed by atoms with Crippen molar-refractivity contribution in [2.24, 2.45) is 5.92 Å². The van der Waals surface area contributed by atoms with Gasteiger partial charge in [0, 0.05) is 25.4 Å². The molecule has 3 heterocycles. The molecule has 7 nitrogen and oxygen atoms in total. The normalized spacial score (nSPS) is 31.6. The van der Waals surface area contributed by atoms with E-state index in [-0.39, 0.29) is 23.9 Å². The Morgan fingerprint density at radius 3 is 2.45 bits per heavy atom. The molecular weight excluding hydrogens is 284 g/mol. The molecule has 0 unspecified atom stereocenters. The lowest BCUT2D eigenvalue weighted by Gasteiger charge is -2.34. The summed E-state index contributed by atoms with van der Waals surface area (Å²) in [5.41, 5.74) is 0. The fourth-order valence-electron chi connectivity index (χ4n) is 3.26. The first-order valence-corrected chi connectivity index (χ1v) is 8.67. The number of carbonyl (C=O) groups excluding carboxylic acids is 2. The van der Waals surface area contributed by atoms with E-state index in [1.165, 1.54) is 10.6 Å². The number of rotatable bonds is 2. The highest BCUT2D eigenvalue weighted by molar-refractivity contribution is 7.88. The van der Waals surface area contributed by atoms with E-state index in [1.807, 2.05) is 0 Å². The first kappa shape index (κ1) is 13.8. The van der Waals surface area contributed by atoms with Crippen molar-refractivity contribution in [2.75, 3.05) is 25.9 Å². The predicted octanol–water partition coefficient (Wildman–Crippen LogP) is -0.816. The number of esters is 1. The monoisotopic (exact) mass is 302 g/mol. The minimum absolute atomic E-state index is 0.0256. The summed E-state index contributed by atoms with van der Waals surface area (Å²) in [4.78, 5) is 25.6. The van der Waals surface area contributed by atoms with E-state index in [9.17, 15) is 18.0 Å². The van der Waals surface area contributed by atoms with Gasteiger partial charge in [0.15, 0.2) is 0 Å². The third kappa shape index (κ3) is 2.31. The summed E-state index contributed by atoms with van der Waals surface area (Å²) in [6, 6.07) is -0.416. The predicted molar refractivity (Wildman–Crippen MR) is 69.1 cm³/mol. The van der Waals surface area contributed by atoms with Gasteiger partial charge in [-0.05, 0) is 12.8 Å². The van der Waals surface area contributed by atoms with Crippen molar-refractivity contribution >= 4 is 21.9 Å². The highest BCUT2D eigenvalue weighted by Crippen LogP contribution is 2.32. The van der Waals surface area contributed by atoms with Gasteiger partial charge in [-0.2, -0.15) is 0 Å². The molecule has 3 rings (SSSR count). The van der Waals surface area contributed by atoms with Crippen LogP contribution in [-0.2, 0) is 24.3 Å². The molecule has 8 heteroatoms. The van der Waals surface area contributed by atoms with Crippen LogP contribution in [0.25, 0.3) is 0 Å². The summed E-state index contributed by atoms with van der Waals surface area (Å²) in [6.45, 7) is 1.24. The number of fused-ring (bicyclic) bond motifs is 2. The largest absolute Gasteiger partial charge is 0.459 e. The first-order valence-electron chi connectivity index (χ1n) is 6.82. The SMILES string of the molecule is CS(=O)(=O)N1CCC(C(=O)N2C[C@@H]3C[C@@H]2C(=O)O3)CC1. The lowest BCUT2D eigenvalue weighted by atomic mass is 9.96. The highest BCUT2D eigenvalue weighted by Gasteiger charge is 2.49. The van der Waals surface area contributed by atoms with E-state index in [2.05, 4.69) is 0 Å². The summed E-state index contributed by atoms with van der Waals surface area (Å²) in [6.07, 6.45) is 2.69. The minimum Gasteiger partial charge on any atom is -0.459 e. The number of likely N-dealkylation sites (tertiary alicyclic amines) is 1. The Morgan fingerprint density at radius 2 is 1.95 bits per heavy atom. The van der Waals surface area contributed by atoms with Crippen molar-refractivity contribution in [3.05, 3.63) is 0 Å². The second-order valence-electron chi connectivity index (χ2n) is 5.74. The zero-order valence-electron chi connectivity index (χ0n) is 11.3. The van der Waals surface area contributed by atoms with E-state index < -0.39 is 16.1 Å². The summed E-state index contributed by atoms with van der Waals surface area (Å²) in [5, 5.41) is 0. The van der Waals surface area contributed by atoms with Crippen molar-refractivity contribution in [3.8, 4) is 0 Å². The van der Waals surface area contributed by atoms with E-state index in [0.29, 0.717) is 38.9 Å². The van der Waals surface area contributed by atoms with Crippen LogP contribution in [0.2, 0.25) is 0 Å². The van der Waals surface area contributed by atoms with Crippen LogP contribution in [-0.4, -0.2) is 67.5 Å². The van der Waals surface area contributed by atoms with Gasteiger partial charge in [0.25, 0.3) is 0 Å². The smallest absolute Gasteiger partial charge is 0.329 e. The van der Waals surface area contributed by atoms with Gasteiger partial charge in [-0.15, -0.1) is 0 Å². The zero-order chi connectivity index (χ0) is 14.5. The fraction of sp³-hybridized carbons (Fsp3) is 0.833. The van der Waals surface area contributed by atoms with E-state index >= 15 is 0 Å². The maximum absolute atomic E-state index is 12.4. The van der Waals surface area contributed by atoms with Crippen molar-refractivity contribution in [1.29, 1.82) is 0 Å². The average molecular weight is 302 g/mol. The molecule has 0 saturated carbocycles. The third-order valence-corrected chi connectivity index (χ3v) is 5.68. The zero-order valence-corrected chi connectivity index (χ0v) is 12.1. The number of hydrogen-bond donors (Lipinski definition) is 0. The molecule has 0 aromatic heterocycles. The second kappa shape index (κ2) is 4.70. The molecule has 0 N–H and O–H groups in total. The second-order valence-corrected chi connectivity index (χ2v) is 7.72. The summed E-state index contributed by atoms with van der Waals surface area (Å²) in [5.74, 6) is -0.509. The van der Waals surface area contributed by atoms with Gasteiger partial charge in [-0.1, -0.05) is 0 Å². The number of ether oxygens (including phenoxy) is 1. The molecule has 3 aliphatic rings. The molecule has 2 atom stereocenters. The van der Waals surface area contributed by atoms with Gasteiger partial charge in [0.2, 0.25) is 15.9 Å². The van der Waals surface area contributed by atoms with Crippen molar-refractivity contribution in [2.45, 2.75) is 31.4 Å². The van der Waals surface area contributed by atoms with Crippen molar-refractivity contribution in [1.82, 2.24) is 9.21 Å². The molecule has 0 aliphatic carbocycles. The summed E-state index contributed by atoms with van der Waals surface area (Å²) >= 11 is 0. The number of sulfonamides is 1. The molecule has 3 fully saturated rings. The van der Waals surface area contributed by atoms with Gasteiger partial charge < -0.3 is 9.64 Å². The molecule has 3 saturated heterocycles. The van der Waals surface area contributed by atoms with Crippen LogP contribution in [0, 0.1) is 5.92 Å². The van der Waals surface area contributed by atoms with Gasteiger partial charge in [-0.3, -0.25) is 4.79 Å². The van der Waals surface area contributed by atoms with Gasteiger partial charge in [0.05, 0.1) is 12.8 Å². The lowest BCUT2D eigenvalue weighted by Crippen LogP contribution is -2.49. The van der Waals surface area contributed by atoms with E-state index in [1.54, 1.807) is 4.90 Å². The van der Waals surface area contributed by atoms with E-state index in [4.69, 9.17) is 4.74 Å². The number of carbonyl (C=O) groups is 2. The lowest BCUT2D eigenvalue weighted by molar-refractivity contribution is -0.159. The molecule has 0 aromatic carbocycles. The topological polar surface area (TPSA) is 84.0 Å². The Hall–Kier alpha value is -1.15. The number of nitrogens with zero attached hydrogens (tertiary/aromatic N) is 2. The Bertz CT molecular complexity index is 538. The molecule has 3 aliphatic heterocycles. The quantitative estimate of drug-likeness (QED) is 0.623. The van der Waals surface area contributed by atoms with Crippen LogP contribution in [0.5, 0.6) is 0 Å². The number of piperidine rings is 1. The Morgan fingerprint density at radius 1 is 1.30 bits per heavy atom. The number of hydrogen-bond acceptors (Lipinski definition) is 5. The Labute approximate surface area is 117 Å². The van der Waals surface area contributed by atoms with Crippen molar-refractivity contribution in [3.63, 3.8) is 0 Å². The molecule has 20 heavy (non-hydrogen) atoms. The molecular formula is C12H18N2O5S. The van der Waals surface area contributed by atoms with Crippen LogP contribution < -0.4 is 0 Å². The minimum atomic E-state index is -3.18. The first-order chi connectivity index (χ1) is 9.36. The molecule has 1 amide bonds. The Kier molecular flexibility index (Phi) is 3.24. The maximum Gasteiger partial charge on any atom is 0.329 e. The summed E-state index contributed by atoms with van der Waals surface area (Å²) < 4.78 is 29.3. The molecule has 0 radical (unpaired) electrons. The van der Waals surface area contributed by atoms with Crippen LogP contribution in [0.4, 0.5) is 0 Å². The van der Waals surface area contributed by atoms with Crippen molar-refractivity contribution < 1.29 is 22.7 Å². The van der Waals surface area contributed by atoms with E-state index in [0.717, 1.165) is 0 Å². The fourth-order valence-corrected chi connectivity index (χ4v) is 4.14. The molecule has 112 valence electrons. The van der Waals surface area contributed by atoms with Crippen LogP contribution in [0.1, 0.15) is 19.3 Å². The number of amides is 1. The third-order valence-electron chi connectivity index (χ3n) is 4.37. The highest BCUT2D eigenvalue weighted by atomic mass is 32.2. The van der Waals surface area contributed by atoms with Gasteiger partial charge in [-0.25, -0.2) is 17.5 Å². The molecule has 0 aromatic rings.